The Kier molecular flexibility index (Phi) is 4.64. The largest absolute Gasteiger partial charge is 0.207 e. The molecule has 0 bridgehead atoms. The lowest BCUT2D eigenvalue weighted by Crippen LogP contribution is -2.00. The molecular formula is C14H9Br2ClF2. The molecule has 0 aliphatic rings. The van der Waals surface area contributed by atoms with Gasteiger partial charge in [-0.1, -0.05) is 28.1 Å². The molecule has 0 aliphatic carbocycles. The number of benzene rings is 2. The maximum absolute atomic E-state index is 13.9. The van der Waals surface area contributed by atoms with Crippen molar-refractivity contribution in [3.8, 4) is 0 Å². The highest BCUT2D eigenvalue weighted by Gasteiger charge is 2.19. The fraction of sp³-hybridized carbons (Fsp3) is 0.143. The Balaban J connectivity index is 2.49. The van der Waals surface area contributed by atoms with Gasteiger partial charge in [-0.15, -0.1) is 11.6 Å². The number of halogens is 5. The normalized spacial score (nSPS) is 12.5. The van der Waals surface area contributed by atoms with Gasteiger partial charge in [0, 0.05) is 10.0 Å². The zero-order chi connectivity index (χ0) is 14.2. The van der Waals surface area contributed by atoms with Gasteiger partial charge in [-0.3, -0.25) is 0 Å². The maximum Gasteiger partial charge on any atom is 0.137 e. The highest BCUT2D eigenvalue weighted by molar-refractivity contribution is 9.10. The molecule has 0 spiro atoms. The van der Waals surface area contributed by atoms with Crippen molar-refractivity contribution in [3.63, 3.8) is 0 Å². The molecule has 2 aromatic carbocycles. The highest BCUT2D eigenvalue weighted by Crippen LogP contribution is 2.36. The summed E-state index contributed by atoms with van der Waals surface area (Å²) in [5.41, 5.74) is 1.88. The zero-order valence-corrected chi connectivity index (χ0v) is 13.8. The smallest absolute Gasteiger partial charge is 0.137 e. The number of alkyl halides is 1. The van der Waals surface area contributed by atoms with Crippen LogP contribution < -0.4 is 0 Å². The first-order valence-electron chi connectivity index (χ1n) is 5.44. The lowest BCUT2D eigenvalue weighted by Gasteiger charge is -2.14. The fourth-order valence-corrected chi connectivity index (χ4v) is 3.26. The van der Waals surface area contributed by atoms with E-state index in [9.17, 15) is 8.78 Å². The van der Waals surface area contributed by atoms with Gasteiger partial charge in [0.15, 0.2) is 0 Å². The molecule has 0 nitrogen and oxygen atoms in total. The van der Waals surface area contributed by atoms with Crippen LogP contribution in [0.4, 0.5) is 8.78 Å². The first-order chi connectivity index (χ1) is 8.90. The Morgan fingerprint density at radius 2 is 1.63 bits per heavy atom. The topological polar surface area (TPSA) is 0 Å². The number of hydrogen-bond acceptors (Lipinski definition) is 0. The molecule has 0 saturated carbocycles. The average molecular weight is 410 g/mol. The molecule has 0 saturated heterocycles. The number of hydrogen-bond donors (Lipinski definition) is 0. The van der Waals surface area contributed by atoms with Crippen LogP contribution in [0.15, 0.2) is 39.3 Å². The van der Waals surface area contributed by atoms with Crippen LogP contribution in [0.3, 0.4) is 0 Å². The van der Waals surface area contributed by atoms with Gasteiger partial charge in [0.2, 0.25) is 0 Å². The van der Waals surface area contributed by atoms with Gasteiger partial charge in [-0.25, -0.2) is 8.78 Å². The Morgan fingerprint density at radius 1 is 0.947 bits per heavy atom. The predicted octanol–water partition coefficient (Wildman–Crippen LogP) is 6.13. The molecule has 0 amide bonds. The van der Waals surface area contributed by atoms with E-state index in [1.54, 1.807) is 6.07 Å². The van der Waals surface area contributed by atoms with E-state index in [0.717, 1.165) is 22.2 Å². The lowest BCUT2D eigenvalue weighted by atomic mass is 10.0. The summed E-state index contributed by atoms with van der Waals surface area (Å²) in [6.07, 6.45) is 0. The van der Waals surface area contributed by atoms with E-state index in [1.165, 1.54) is 0 Å². The molecule has 1 unspecified atom stereocenters. The molecule has 0 N–H and O–H groups in total. The molecule has 0 fully saturated rings. The standard InChI is InChI=1S/C14H9Br2ClF2/c1-7-2-3-8(10(15)4-7)14(17)9-5-13(19)11(16)6-12(9)18/h2-6,14H,1H3. The van der Waals surface area contributed by atoms with Crippen molar-refractivity contribution >= 4 is 43.5 Å². The van der Waals surface area contributed by atoms with Crippen LogP contribution in [-0.4, -0.2) is 0 Å². The summed E-state index contributed by atoms with van der Waals surface area (Å²) in [7, 11) is 0. The summed E-state index contributed by atoms with van der Waals surface area (Å²) < 4.78 is 28.3. The summed E-state index contributed by atoms with van der Waals surface area (Å²) in [4.78, 5) is 0. The van der Waals surface area contributed by atoms with Gasteiger partial charge in [0.25, 0.3) is 0 Å². The third-order valence-corrected chi connectivity index (χ3v) is 4.51. The molecule has 0 heterocycles. The molecule has 2 rings (SSSR count). The minimum atomic E-state index is -0.752. The van der Waals surface area contributed by atoms with Crippen molar-refractivity contribution in [1.29, 1.82) is 0 Å². The Morgan fingerprint density at radius 3 is 2.26 bits per heavy atom. The summed E-state index contributed by atoms with van der Waals surface area (Å²) in [5.74, 6) is -1.08. The monoisotopic (exact) mass is 408 g/mol. The second kappa shape index (κ2) is 5.90. The van der Waals surface area contributed by atoms with Crippen molar-refractivity contribution in [2.75, 3.05) is 0 Å². The Hall–Kier alpha value is -0.450. The highest BCUT2D eigenvalue weighted by atomic mass is 79.9. The van der Waals surface area contributed by atoms with E-state index in [1.807, 2.05) is 19.1 Å². The molecule has 1 atom stereocenters. The van der Waals surface area contributed by atoms with Crippen LogP contribution in [-0.2, 0) is 0 Å². The van der Waals surface area contributed by atoms with Crippen LogP contribution in [0, 0.1) is 18.6 Å². The van der Waals surface area contributed by atoms with Gasteiger partial charge in [0.1, 0.15) is 11.6 Å². The summed E-state index contributed by atoms with van der Waals surface area (Å²) in [6.45, 7) is 1.94. The molecule has 100 valence electrons. The quantitative estimate of drug-likeness (QED) is 0.413. The SMILES string of the molecule is Cc1ccc(C(Cl)c2cc(F)c(Br)cc2F)c(Br)c1. The molecule has 5 heteroatoms. The van der Waals surface area contributed by atoms with Gasteiger partial charge in [-0.05, 0) is 52.2 Å². The van der Waals surface area contributed by atoms with Crippen LogP contribution in [0.25, 0.3) is 0 Å². The molecule has 0 aliphatic heterocycles. The summed E-state index contributed by atoms with van der Waals surface area (Å²) in [5, 5.41) is -0.752. The predicted molar refractivity (Wildman–Crippen MR) is 80.6 cm³/mol. The van der Waals surface area contributed by atoms with Gasteiger partial charge in [0.05, 0.1) is 9.85 Å². The molecule has 0 aromatic heterocycles. The van der Waals surface area contributed by atoms with Gasteiger partial charge < -0.3 is 0 Å². The van der Waals surface area contributed by atoms with E-state index >= 15 is 0 Å². The van der Waals surface area contributed by atoms with Crippen molar-refractivity contribution in [3.05, 3.63) is 67.6 Å². The molecule has 0 radical (unpaired) electrons. The van der Waals surface area contributed by atoms with E-state index in [4.69, 9.17) is 11.6 Å². The lowest BCUT2D eigenvalue weighted by molar-refractivity contribution is 0.582. The van der Waals surface area contributed by atoms with Crippen molar-refractivity contribution in [2.45, 2.75) is 12.3 Å². The second-order valence-electron chi connectivity index (χ2n) is 4.18. The summed E-state index contributed by atoms with van der Waals surface area (Å²) in [6, 6.07) is 7.77. The average Bonchev–Trinajstić information content (AvgIpc) is 2.33. The fourth-order valence-electron chi connectivity index (χ4n) is 1.74. The van der Waals surface area contributed by atoms with Crippen LogP contribution >= 0.6 is 43.5 Å². The van der Waals surface area contributed by atoms with Crippen LogP contribution in [0.2, 0.25) is 0 Å². The van der Waals surface area contributed by atoms with E-state index in [2.05, 4.69) is 31.9 Å². The minimum Gasteiger partial charge on any atom is -0.207 e. The van der Waals surface area contributed by atoms with E-state index < -0.39 is 17.0 Å². The second-order valence-corrected chi connectivity index (χ2v) is 6.32. The minimum absolute atomic E-state index is 0.0839. The van der Waals surface area contributed by atoms with Gasteiger partial charge in [-0.2, -0.15) is 0 Å². The van der Waals surface area contributed by atoms with Gasteiger partial charge >= 0.3 is 0 Å². The molecule has 19 heavy (non-hydrogen) atoms. The van der Waals surface area contributed by atoms with Crippen molar-refractivity contribution < 1.29 is 8.78 Å². The molecular weight excluding hydrogens is 401 g/mol. The summed E-state index contributed by atoms with van der Waals surface area (Å²) >= 11 is 12.6. The maximum atomic E-state index is 13.9. The zero-order valence-electron chi connectivity index (χ0n) is 9.85. The van der Waals surface area contributed by atoms with E-state index in [-0.39, 0.29) is 10.0 Å². The van der Waals surface area contributed by atoms with E-state index in [0.29, 0.717) is 5.56 Å². The Bertz CT molecular complexity index is 629. The third kappa shape index (κ3) is 3.18. The molecule has 2 aromatic rings. The number of aryl methyl sites for hydroxylation is 1. The number of rotatable bonds is 2. The third-order valence-electron chi connectivity index (χ3n) is 2.74. The van der Waals surface area contributed by atoms with Crippen LogP contribution in [0.1, 0.15) is 22.1 Å². The first-order valence-corrected chi connectivity index (χ1v) is 7.47. The van der Waals surface area contributed by atoms with Crippen LogP contribution in [0.5, 0.6) is 0 Å². The Labute approximate surface area is 132 Å². The first kappa shape index (κ1) is 14.9. The van der Waals surface area contributed by atoms with Crippen molar-refractivity contribution in [1.82, 2.24) is 0 Å². The van der Waals surface area contributed by atoms with Crippen molar-refractivity contribution in [2.24, 2.45) is 0 Å².